The number of halogens is 6. The highest BCUT2D eigenvalue weighted by molar-refractivity contribution is 7.87. The lowest BCUT2D eigenvalue weighted by Gasteiger charge is -2.38. The van der Waals surface area contributed by atoms with E-state index in [0.717, 1.165) is 93.9 Å². The number of carbonyl (C=O) groups excluding carboxylic acids is 6. The van der Waals surface area contributed by atoms with Crippen molar-refractivity contribution < 1.29 is 77.6 Å². The summed E-state index contributed by atoms with van der Waals surface area (Å²) in [5, 5.41) is 16.3. The first-order chi connectivity index (χ1) is 43.8. The lowest BCUT2D eigenvalue weighted by atomic mass is 9.97. The zero-order valence-electron chi connectivity index (χ0n) is 53.0. The minimum Gasteiger partial charge on any atom is -0.444 e. The number of carbonyl (C=O) groups is 6. The second-order valence-corrected chi connectivity index (χ2v) is 26.8. The Hall–Kier alpha value is -9.37. The molecule has 6 amide bonds. The number of nitrogens with one attached hydrogen (secondary N) is 6. The molecule has 0 aromatic heterocycles. The largest absolute Gasteiger partial charge is 0.444 e. The van der Waals surface area contributed by atoms with Crippen molar-refractivity contribution in [2.45, 2.75) is 121 Å². The van der Waals surface area contributed by atoms with Gasteiger partial charge in [-0.25, -0.2) is 14.5 Å². The molecule has 19 nitrogen and oxygen atoms in total. The van der Waals surface area contributed by atoms with Crippen molar-refractivity contribution in [3.63, 3.8) is 0 Å². The van der Waals surface area contributed by atoms with Crippen LogP contribution in [0, 0.1) is 0 Å². The minimum absolute atomic E-state index is 0.134. The van der Waals surface area contributed by atoms with Gasteiger partial charge in [0.05, 0.1) is 45.3 Å². The monoisotopic (exact) mass is 1320 g/mol. The number of alkyl halides is 6. The van der Waals surface area contributed by atoms with Crippen molar-refractivity contribution in [1.29, 1.82) is 0 Å². The Morgan fingerprint density at radius 1 is 0.553 bits per heavy atom. The van der Waals surface area contributed by atoms with E-state index in [1.165, 1.54) is 81.5 Å². The Kier molecular flexibility index (Phi) is 22.5. The Morgan fingerprint density at radius 2 is 1.03 bits per heavy atom. The highest BCUT2D eigenvalue weighted by atomic mass is 32.2. The van der Waals surface area contributed by atoms with Crippen LogP contribution in [0.25, 0.3) is 12.2 Å². The summed E-state index contributed by atoms with van der Waals surface area (Å²) in [6.07, 6.45) is -3.63. The molecule has 0 bridgehead atoms. The maximum Gasteiger partial charge on any atom is 0.419 e. The molecule has 1 heterocycles. The van der Waals surface area contributed by atoms with Crippen LogP contribution in [-0.2, 0) is 55.9 Å². The van der Waals surface area contributed by atoms with E-state index in [-0.39, 0.29) is 34.0 Å². The maximum absolute atomic E-state index is 14.7. The van der Waals surface area contributed by atoms with Crippen molar-refractivity contribution in [2.75, 3.05) is 51.1 Å². The summed E-state index contributed by atoms with van der Waals surface area (Å²) in [6, 6.07) is 28.0. The van der Waals surface area contributed by atoms with Crippen LogP contribution in [0.4, 0.5) is 75.7 Å². The van der Waals surface area contributed by atoms with Crippen molar-refractivity contribution in [2.24, 2.45) is 0 Å². The van der Waals surface area contributed by atoms with E-state index >= 15 is 0 Å². The zero-order chi connectivity index (χ0) is 69.2. The van der Waals surface area contributed by atoms with E-state index in [9.17, 15) is 68.1 Å². The zero-order valence-corrected chi connectivity index (χ0v) is 53.8. The fraction of sp³-hybridized carbons (Fsp3) is 0.324. The Balaban J connectivity index is 1.15. The van der Waals surface area contributed by atoms with Gasteiger partial charge in [-0.2, -0.15) is 34.8 Å². The molecule has 0 radical (unpaired) electrons. The topological polar surface area (TPSA) is 254 Å². The summed E-state index contributed by atoms with van der Waals surface area (Å²) >= 11 is 0. The first-order valence-corrected chi connectivity index (χ1v) is 31.1. The molecule has 0 saturated carbocycles. The molecular formula is C68H74F6N8O11S. The van der Waals surface area contributed by atoms with Gasteiger partial charge in [0, 0.05) is 29.9 Å². The molecule has 0 aliphatic carbocycles. The lowest BCUT2D eigenvalue weighted by molar-refractivity contribution is -0.138. The molecule has 94 heavy (non-hydrogen) atoms. The predicted molar refractivity (Wildman–Crippen MR) is 349 cm³/mol. The fourth-order valence-corrected chi connectivity index (χ4v) is 10.7. The number of rotatable bonds is 20. The van der Waals surface area contributed by atoms with E-state index < -0.39 is 108 Å². The number of amides is 6. The number of hydrogen-bond acceptors (Lipinski definition) is 12. The minimum atomic E-state index is -5.49. The highest BCUT2D eigenvalue weighted by Gasteiger charge is 2.48. The summed E-state index contributed by atoms with van der Waals surface area (Å²) < 4.78 is 130. The average Bonchev–Trinajstić information content (AvgIpc) is 0.759. The summed E-state index contributed by atoms with van der Waals surface area (Å²) in [5.74, 6) is -3.54. The van der Waals surface area contributed by atoms with Crippen LogP contribution >= 0.6 is 0 Å². The van der Waals surface area contributed by atoms with Gasteiger partial charge in [0.15, 0.2) is 4.75 Å². The molecule has 7 rings (SSSR count). The third-order valence-electron chi connectivity index (χ3n) is 14.5. The van der Waals surface area contributed by atoms with Gasteiger partial charge >= 0.3 is 24.5 Å². The number of benzene rings is 6. The van der Waals surface area contributed by atoms with Crippen molar-refractivity contribution in [3.05, 3.63) is 185 Å². The predicted octanol–water partition coefficient (Wildman–Crippen LogP) is 14.7. The molecule has 6 aromatic rings. The smallest absolute Gasteiger partial charge is 0.419 e. The molecule has 6 aromatic carbocycles. The molecular weight excluding hydrogens is 1250 g/mol. The van der Waals surface area contributed by atoms with Crippen LogP contribution in [0.15, 0.2) is 152 Å². The number of hydrogen-bond donors (Lipinski definition) is 7. The number of piperidine rings is 1. The average molecular weight is 1330 g/mol. The van der Waals surface area contributed by atoms with Crippen LogP contribution < -0.4 is 36.8 Å². The van der Waals surface area contributed by atoms with Gasteiger partial charge in [-0.3, -0.25) is 34.4 Å². The van der Waals surface area contributed by atoms with Crippen LogP contribution in [0.3, 0.4) is 0 Å². The van der Waals surface area contributed by atoms with E-state index in [0.29, 0.717) is 40.3 Å². The Morgan fingerprint density at radius 3 is 1.56 bits per heavy atom. The molecule has 1 saturated heterocycles. The molecule has 1 aliphatic heterocycles. The first-order valence-electron chi connectivity index (χ1n) is 29.7. The maximum atomic E-state index is 14.7. The normalized spacial score (nSPS) is 14.5. The van der Waals surface area contributed by atoms with E-state index in [1.807, 2.05) is 13.8 Å². The van der Waals surface area contributed by atoms with Crippen molar-refractivity contribution >= 4 is 97.9 Å². The molecule has 1 aliphatic rings. The molecule has 500 valence electrons. The van der Waals surface area contributed by atoms with Crippen LogP contribution in [0.1, 0.15) is 121 Å². The molecule has 2 atom stereocenters. The second-order valence-electron chi connectivity index (χ2n) is 25.0. The second kappa shape index (κ2) is 29.3. The van der Waals surface area contributed by atoms with Gasteiger partial charge in [0.25, 0.3) is 16.0 Å². The molecule has 0 spiro atoms. The third kappa shape index (κ3) is 19.8. The van der Waals surface area contributed by atoms with Crippen molar-refractivity contribution in [1.82, 2.24) is 10.2 Å². The summed E-state index contributed by atoms with van der Waals surface area (Å²) in [5.41, 5.74) is -5.37. The SMILES string of the molecule is CC(C)(CN1CCCCC1)NC(C(=O)Nc1ccc(C(F)(F)F)cc1)c1ccc(/C=C/C(=O)Nc2ccccc2N(C(=O)OC(C)(C)C)c2cc(C(F)(F)F)ccc2NC(=O)C(C)(c2ccc(/C=C/C(=O)Nc3ccccc3NC(=O)OC(C)(C)C)cc2)S(=O)(=O)O)cc1. The standard InChI is InChI=1S/C68H74F6N8O11S/c1-63(2,3)92-61(87)79-51-18-12-11-17-50(51)76-56(83)37-26-44-23-29-46(30-24-44)66(9,94(89,90)91)60(86)78-53-36-33-48(68(72,73)74)41-55(53)82(62(88)93-64(4,5)6)54-20-14-13-19-52(54)77-57(84)38-25-43-21-27-45(28-22-43)58(80-65(7,8)42-81-39-15-10-16-40-81)59(85)75-49-34-31-47(32-35-49)67(69,70)71/h11-14,17-38,41,58,80H,10,15-16,39-40,42H2,1-9H3,(H,75,85)(H,76,83)(H,77,84)(H,78,86)(H,79,87)(H,89,90,91)/b37-26+,38-25+. The van der Waals surface area contributed by atoms with Crippen LogP contribution in [0.5, 0.6) is 0 Å². The first kappa shape index (κ1) is 72.1. The van der Waals surface area contributed by atoms with E-state index in [2.05, 4.69) is 36.8 Å². The Labute approximate surface area is 541 Å². The van der Waals surface area contributed by atoms with Crippen LogP contribution in [0.2, 0.25) is 0 Å². The lowest BCUT2D eigenvalue weighted by Crippen LogP contribution is -2.53. The summed E-state index contributed by atoms with van der Waals surface area (Å²) in [6.45, 7) is 16.5. The molecule has 1 fully saturated rings. The highest BCUT2D eigenvalue weighted by Crippen LogP contribution is 2.43. The van der Waals surface area contributed by atoms with Crippen molar-refractivity contribution in [3.8, 4) is 0 Å². The molecule has 26 heteroatoms. The van der Waals surface area contributed by atoms with Gasteiger partial charge in [0.1, 0.15) is 17.2 Å². The Bertz CT molecular complexity index is 3920. The van der Waals surface area contributed by atoms with Gasteiger partial charge in [-0.15, -0.1) is 0 Å². The number of anilines is 7. The van der Waals surface area contributed by atoms with E-state index in [4.69, 9.17) is 9.47 Å². The van der Waals surface area contributed by atoms with Gasteiger partial charge in [0.2, 0.25) is 17.7 Å². The number of likely N-dealkylation sites (tertiary alicyclic amines) is 1. The molecule has 2 unspecified atom stereocenters. The molecule has 7 N–H and O–H groups in total. The van der Waals surface area contributed by atoms with Gasteiger partial charge < -0.3 is 35.6 Å². The number of ether oxygens (including phenoxy) is 2. The number of nitrogens with zero attached hydrogens (tertiary/aromatic N) is 2. The third-order valence-corrected chi connectivity index (χ3v) is 15.9. The van der Waals surface area contributed by atoms with Gasteiger partial charge in [-0.1, -0.05) is 79.2 Å². The summed E-state index contributed by atoms with van der Waals surface area (Å²) in [4.78, 5) is 85.6. The van der Waals surface area contributed by atoms with Crippen LogP contribution in [-0.4, -0.2) is 90.1 Å². The number of para-hydroxylation sites is 4. The van der Waals surface area contributed by atoms with Gasteiger partial charge in [-0.05, 0) is 189 Å². The quantitative estimate of drug-likeness (QED) is 0.0214. The fourth-order valence-electron chi connectivity index (χ4n) is 9.94. The van der Waals surface area contributed by atoms with E-state index in [1.54, 1.807) is 57.2 Å². The summed E-state index contributed by atoms with van der Waals surface area (Å²) in [7, 11) is -5.49.